The van der Waals surface area contributed by atoms with Gasteiger partial charge in [0.25, 0.3) is 0 Å². The number of ether oxygens (including phenoxy) is 5. The average molecular weight is 1590 g/mol. The van der Waals surface area contributed by atoms with E-state index in [1.165, 1.54) is 135 Å². The van der Waals surface area contributed by atoms with Gasteiger partial charge in [0, 0.05) is 25.9 Å². The molecule has 15 fully saturated rings. The van der Waals surface area contributed by atoms with Gasteiger partial charge in [0.1, 0.15) is 11.2 Å². The minimum absolute atomic E-state index is 0. The lowest BCUT2D eigenvalue weighted by Gasteiger charge is -2.62. The van der Waals surface area contributed by atoms with Gasteiger partial charge in [0.05, 0.1) is 66.6 Å². The van der Waals surface area contributed by atoms with Crippen LogP contribution in [0, 0.1) is 139 Å². The summed E-state index contributed by atoms with van der Waals surface area (Å²) in [5, 5.41) is 43.2. The van der Waals surface area contributed by atoms with Gasteiger partial charge in [-0.2, -0.15) is 0 Å². The summed E-state index contributed by atoms with van der Waals surface area (Å²) in [5.74, 6) is 13.8. The van der Waals surface area contributed by atoms with Gasteiger partial charge in [0.2, 0.25) is 0 Å². The second-order valence-electron chi connectivity index (χ2n) is 44.3. The van der Waals surface area contributed by atoms with E-state index in [9.17, 15) is 30.0 Å². The molecule has 0 radical (unpaired) electrons. The van der Waals surface area contributed by atoms with Crippen molar-refractivity contribution in [3.8, 4) is 0 Å². The summed E-state index contributed by atoms with van der Waals surface area (Å²) in [5.41, 5.74) is 1.09. The summed E-state index contributed by atoms with van der Waals surface area (Å²) in [4.78, 5) is 25.9. The molecule has 0 aromatic heterocycles. The molecule has 12 aliphatic carbocycles. The molecule has 3 heterocycles. The van der Waals surface area contributed by atoms with Crippen molar-refractivity contribution in [2.24, 2.45) is 139 Å². The molecule has 2 aromatic carbocycles. The zero-order chi connectivity index (χ0) is 77.0. The summed E-state index contributed by atoms with van der Waals surface area (Å²) in [7, 11) is 0. The van der Waals surface area contributed by atoms with Gasteiger partial charge in [-0.15, -0.1) is 0 Å². The molecule has 2 aromatic rings. The Hall–Kier alpha value is -2.90. The van der Waals surface area contributed by atoms with Crippen molar-refractivity contribution in [3.63, 3.8) is 0 Å². The minimum atomic E-state index is -0.556. The zero-order valence-corrected chi connectivity index (χ0v) is 70.5. The lowest BCUT2D eigenvalue weighted by molar-refractivity contribution is -0.148. The first-order valence-corrected chi connectivity index (χ1v) is 45.9. The van der Waals surface area contributed by atoms with E-state index >= 15 is 0 Å². The molecular weight excluding hydrogens is 1410 g/mol. The summed E-state index contributed by atoms with van der Waals surface area (Å²) in [6, 6.07) is 18.8. The van der Waals surface area contributed by atoms with Gasteiger partial charge in [-0.05, 0) is 396 Å². The number of hydrogen-bond donors (Lipinski definition) is 4. The Morgan fingerprint density at radius 1 is 0.351 bits per heavy atom. The topological polar surface area (TPSA) is 161 Å². The number of fused-ring (bicyclic) bond motifs is 15. The first-order chi connectivity index (χ1) is 51.7. The predicted molar refractivity (Wildman–Crippen MR) is 467 cm³/mol. The molecule has 0 amide bonds. The van der Waals surface area contributed by atoms with Gasteiger partial charge in [0.15, 0.2) is 0 Å². The van der Waals surface area contributed by atoms with Crippen LogP contribution in [0.3, 0.4) is 0 Å². The first kappa shape index (κ1) is 93.4. The zero-order valence-electron chi connectivity index (χ0n) is 70.5. The van der Waals surface area contributed by atoms with Crippen LogP contribution < -0.4 is 0 Å². The number of carbonyl (C=O) groups excluding carboxylic acids is 2. The Labute approximate surface area is 697 Å². The Morgan fingerprint density at radius 3 is 0.947 bits per heavy atom. The molecule has 1 unspecified atom stereocenters. The highest BCUT2D eigenvalue weighted by atomic mass is 16.6. The summed E-state index contributed by atoms with van der Waals surface area (Å²) < 4.78 is 29.5. The quantitative estimate of drug-likeness (QED) is 0.118. The van der Waals surface area contributed by atoms with Crippen LogP contribution >= 0.6 is 0 Å². The normalized spacial score (nSPS) is 46.6. The van der Waals surface area contributed by atoms with Crippen LogP contribution in [-0.4, -0.2) is 106 Å². The van der Waals surface area contributed by atoms with Crippen LogP contribution in [0.5, 0.6) is 0 Å². The first-order valence-electron chi connectivity index (χ1n) is 45.9. The summed E-state index contributed by atoms with van der Waals surface area (Å²) in [6.45, 7) is 33.1. The smallest absolute Gasteiger partial charge is 0.338 e. The van der Waals surface area contributed by atoms with E-state index in [4.69, 9.17) is 23.7 Å². The van der Waals surface area contributed by atoms with Crippen molar-refractivity contribution in [1.82, 2.24) is 0 Å². The summed E-state index contributed by atoms with van der Waals surface area (Å²) >= 11 is 0. The fraction of sp³-hybridized carbons (Fsp3) is 0.864. The fourth-order valence-electron chi connectivity index (χ4n) is 31.6. The Balaban J connectivity index is 0.000000178. The number of rotatable bonds is 16. The average Bonchev–Trinajstić information content (AvgIpc) is 1.69. The molecule has 11 nitrogen and oxygen atoms in total. The number of benzene rings is 2. The third-order valence-corrected chi connectivity index (χ3v) is 38.2. The maximum absolute atomic E-state index is 12.9. The third kappa shape index (κ3) is 17.7. The van der Waals surface area contributed by atoms with E-state index in [1.807, 2.05) is 60.7 Å². The van der Waals surface area contributed by atoms with E-state index < -0.39 is 33.6 Å². The van der Waals surface area contributed by atoms with Gasteiger partial charge in [-0.25, -0.2) is 9.59 Å². The molecule has 12 saturated carbocycles. The number of carbonyl (C=O) groups is 2. The van der Waals surface area contributed by atoms with Crippen molar-refractivity contribution < 1.29 is 53.7 Å². The third-order valence-electron chi connectivity index (χ3n) is 38.2. The molecule has 3 aliphatic heterocycles. The molecule has 15 aliphatic rings. The van der Waals surface area contributed by atoms with Crippen molar-refractivity contribution in [2.45, 2.75) is 385 Å². The molecule has 4 N–H and O–H groups in total. The van der Waals surface area contributed by atoms with Crippen molar-refractivity contribution in [2.75, 3.05) is 39.6 Å². The molecule has 11 heteroatoms. The molecular formula is C103H172O11. The van der Waals surface area contributed by atoms with Crippen molar-refractivity contribution in [3.05, 3.63) is 71.8 Å². The highest BCUT2D eigenvalue weighted by molar-refractivity contribution is 5.90. The molecule has 3 saturated heterocycles. The monoisotopic (exact) mass is 1590 g/mol. The Bertz CT molecular complexity index is 3260. The molecule has 0 spiro atoms. The maximum Gasteiger partial charge on any atom is 0.338 e. The molecule has 650 valence electrons. The molecule has 0 bridgehead atoms. The predicted octanol–water partition coefficient (Wildman–Crippen LogP) is 24.8. The molecule has 30 atom stereocenters. The standard InChI is InChI=1S/2C35H52O4.C28H48O3.5CH4/c2*1-24(14-17-35(20-21-38-23-35)39-31(36)25-8-6-5-7-9-25)28-12-13-29-27-11-10-26-22-32(2,37)18-19-33(26,3)30(27)15-16-34(28,29)4;1-19(9-12-28(30)15-16-31-18-28)22-7-8-23-21-6-5-20-17-25(2,29)13-14-26(20,3)24(21)10-11-27(22,23)4;;;;;/h2*5-9,24,26-30,37H,10-23H2,1-4H3;19-24,29-30H,5-18H2,1-4H3;5*1H4/t24-,26+,27+,28-,29+,30+,32+,33+,34-,35+;24-,26+,27+,28-,29+,30+,32+,33+,34-,35-;19-,20+,21+,22-,23+,24+,25+,26+,27-,28?;;;;;/m111...../s1. The molecule has 114 heavy (non-hydrogen) atoms. The summed E-state index contributed by atoms with van der Waals surface area (Å²) in [6.07, 6.45) is 42.9. The van der Waals surface area contributed by atoms with Gasteiger partial charge in [-0.3, -0.25) is 0 Å². The minimum Gasteiger partial charge on any atom is -0.453 e. The van der Waals surface area contributed by atoms with E-state index in [-0.39, 0.29) is 49.1 Å². The Kier molecular flexibility index (Phi) is 29.1. The highest BCUT2D eigenvalue weighted by Crippen LogP contribution is 2.73. The SMILES string of the molecule is C.C.C.C.C.C[C@H](CCC1(O)CCOC1)[C@H]1CC[C@H]2[C@@H]3CC[C@H]4C[C@@](C)(O)CC[C@]4(C)[C@H]3CC[C@]12C.C[C@H](CC[C@@]1(OC(=O)c2ccccc2)CCOC1)[C@H]1CC[C@H]2[C@@H]3CC[C@H]4C[C@@](C)(O)CC[C@]4(C)[C@H]3CC[C@]12C.C[C@H](CC[C@]1(OC(=O)c2ccccc2)CCOC1)[C@H]1CC[C@H]2[C@@H]3CC[C@H]4C[C@@](C)(O)CC[C@]4(C)[C@H]3CC[C@]12C. The number of hydrogen-bond acceptors (Lipinski definition) is 11. The van der Waals surface area contributed by atoms with E-state index in [0.717, 1.165) is 180 Å². The van der Waals surface area contributed by atoms with E-state index in [1.54, 1.807) is 0 Å². The second-order valence-corrected chi connectivity index (χ2v) is 44.3. The van der Waals surface area contributed by atoms with Gasteiger partial charge >= 0.3 is 11.9 Å². The Morgan fingerprint density at radius 2 is 0.649 bits per heavy atom. The van der Waals surface area contributed by atoms with Crippen LogP contribution in [-0.2, 0) is 23.7 Å². The van der Waals surface area contributed by atoms with E-state index in [2.05, 4.69) is 83.1 Å². The lowest BCUT2D eigenvalue weighted by atomic mass is 9.43. The van der Waals surface area contributed by atoms with Crippen LogP contribution in [0.2, 0.25) is 0 Å². The molecule has 17 rings (SSSR count). The number of aliphatic hydroxyl groups is 4. The highest BCUT2D eigenvalue weighted by Gasteiger charge is 2.66. The number of esters is 2. The van der Waals surface area contributed by atoms with Gasteiger partial charge < -0.3 is 44.1 Å². The van der Waals surface area contributed by atoms with Crippen LogP contribution in [0.25, 0.3) is 0 Å². The largest absolute Gasteiger partial charge is 0.453 e. The van der Waals surface area contributed by atoms with Crippen molar-refractivity contribution in [1.29, 1.82) is 0 Å². The lowest BCUT2D eigenvalue weighted by Crippen LogP contribution is -2.55. The fourth-order valence-corrected chi connectivity index (χ4v) is 31.6. The van der Waals surface area contributed by atoms with Crippen LogP contribution in [0.15, 0.2) is 60.7 Å². The van der Waals surface area contributed by atoms with Gasteiger partial charge in [-0.1, -0.05) is 136 Å². The van der Waals surface area contributed by atoms with Crippen LogP contribution in [0.4, 0.5) is 0 Å². The van der Waals surface area contributed by atoms with Crippen LogP contribution in [0.1, 0.15) is 372 Å². The maximum atomic E-state index is 12.9. The second kappa shape index (κ2) is 35.5. The van der Waals surface area contributed by atoms with E-state index in [0.29, 0.717) is 106 Å². The van der Waals surface area contributed by atoms with Crippen molar-refractivity contribution >= 4 is 11.9 Å².